The number of amides is 1. The first-order chi connectivity index (χ1) is 10.1. The Morgan fingerprint density at radius 2 is 1.86 bits per heavy atom. The van der Waals surface area contributed by atoms with Gasteiger partial charge in [-0.25, -0.2) is 9.59 Å². The molecule has 5 nitrogen and oxygen atoms in total. The van der Waals surface area contributed by atoms with E-state index in [2.05, 4.69) is 5.32 Å². The smallest absolute Gasteiger partial charge is 0.372 e. The van der Waals surface area contributed by atoms with Crippen molar-refractivity contribution < 1.29 is 19.1 Å². The van der Waals surface area contributed by atoms with Crippen molar-refractivity contribution >= 4 is 24.0 Å². The SMILES string of the molecule is Cc1ccccc1C(=O)OC(=O)Nc1cccc(C=O)c1. The van der Waals surface area contributed by atoms with Gasteiger partial charge in [0.15, 0.2) is 0 Å². The lowest BCUT2D eigenvalue weighted by molar-refractivity contribution is 0.0644. The highest BCUT2D eigenvalue weighted by Crippen LogP contribution is 2.12. The second-order valence-electron chi connectivity index (χ2n) is 4.36. The lowest BCUT2D eigenvalue weighted by Gasteiger charge is -2.07. The Labute approximate surface area is 121 Å². The van der Waals surface area contributed by atoms with Crippen LogP contribution in [0.15, 0.2) is 48.5 Å². The summed E-state index contributed by atoms with van der Waals surface area (Å²) < 4.78 is 4.72. The number of benzene rings is 2. The molecule has 21 heavy (non-hydrogen) atoms. The van der Waals surface area contributed by atoms with E-state index in [1.807, 2.05) is 0 Å². The van der Waals surface area contributed by atoms with E-state index in [-0.39, 0.29) is 0 Å². The van der Waals surface area contributed by atoms with Crippen LogP contribution in [0.25, 0.3) is 0 Å². The molecule has 0 saturated heterocycles. The number of rotatable bonds is 3. The lowest BCUT2D eigenvalue weighted by Crippen LogP contribution is -2.19. The summed E-state index contributed by atoms with van der Waals surface area (Å²) in [6.07, 6.45) is -0.235. The maximum Gasteiger partial charge on any atom is 0.419 e. The first-order valence-electron chi connectivity index (χ1n) is 6.24. The van der Waals surface area contributed by atoms with E-state index in [1.54, 1.807) is 49.4 Å². The van der Waals surface area contributed by atoms with E-state index in [0.29, 0.717) is 23.1 Å². The van der Waals surface area contributed by atoms with Gasteiger partial charge < -0.3 is 4.74 Å². The number of hydrogen-bond donors (Lipinski definition) is 1. The van der Waals surface area contributed by atoms with Crippen molar-refractivity contribution in [1.82, 2.24) is 0 Å². The van der Waals surface area contributed by atoms with Crippen molar-refractivity contribution in [2.45, 2.75) is 6.92 Å². The first kappa shape index (κ1) is 14.5. The fraction of sp³-hybridized carbons (Fsp3) is 0.0625. The van der Waals surface area contributed by atoms with Gasteiger partial charge >= 0.3 is 12.1 Å². The molecule has 0 fully saturated rings. The average Bonchev–Trinajstić information content (AvgIpc) is 2.47. The fourth-order valence-electron chi connectivity index (χ4n) is 1.77. The molecule has 106 valence electrons. The molecule has 0 saturated carbocycles. The summed E-state index contributed by atoms with van der Waals surface area (Å²) in [5.74, 6) is -0.725. The highest BCUT2D eigenvalue weighted by molar-refractivity contribution is 6.01. The summed E-state index contributed by atoms with van der Waals surface area (Å²) in [6.45, 7) is 1.75. The predicted molar refractivity (Wildman–Crippen MR) is 77.4 cm³/mol. The zero-order valence-electron chi connectivity index (χ0n) is 11.3. The van der Waals surface area contributed by atoms with Gasteiger partial charge in [-0.3, -0.25) is 10.1 Å². The molecule has 0 atom stereocenters. The second kappa shape index (κ2) is 6.47. The topological polar surface area (TPSA) is 72.5 Å². The first-order valence-corrected chi connectivity index (χ1v) is 6.24. The third-order valence-electron chi connectivity index (χ3n) is 2.82. The minimum absolute atomic E-state index is 0.328. The maximum absolute atomic E-state index is 11.9. The summed E-state index contributed by atoms with van der Waals surface area (Å²) in [5.41, 5.74) is 1.84. The molecule has 0 aliphatic rings. The molecule has 0 bridgehead atoms. The quantitative estimate of drug-likeness (QED) is 0.533. The molecule has 0 unspecified atom stereocenters. The van der Waals surface area contributed by atoms with E-state index in [0.717, 1.165) is 5.56 Å². The molecule has 0 aliphatic carbocycles. The van der Waals surface area contributed by atoms with Crippen molar-refractivity contribution in [3.63, 3.8) is 0 Å². The summed E-state index contributed by atoms with van der Waals surface area (Å²) in [7, 11) is 0. The fourth-order valence-corrected chi connectivity index (χ4v) is 1.77. The molecule has 1 amide bonds. The number of nitrogens with one attached hydrogen (secondary N) is 1. The molecule has 0 heterocycles. The number of anilines is 1. The van der Waals surface area contributed by atoms with Gasteiger partial charge in [0.2, 0.25) is 0 Å². The standard InChI is InChI=1S/C16H13NO4/c1-11-5-2-3-8-14(11)15(19)21-16(20)17-13-7-4-6-12(9-13)10-18/h2-10H,1H3,(H,17,20). The molecule has 0 aliphatic heterocycles. The summed E-state index contributed by atoms with van der Waals surface area (Å²) >= 11 is 0. The molecule has 1 N–H and O–H groups in total. The number of carbonyl (C=O) groups is 3. The van der Waals surface area contributed by atoms with Crippen LogP contribution in [0.1, 0.15) is 26.3 Å². The van der Waals surface area contributed by atoms with Gasteiger partial charge in [0.05, 0.1) is 5.56 Å². The molecule has 0 radical (unpaired) electrons. The van der Waals surface area contributed by atoms with E-state index in [4.69, 9.17) is 4.74 Å². The van der Waals surface area contributed by atoms with Crippen LogP contribution >= 0.6 is 0 Å². The Morgan fingerprint density at radius 1 is 1.10 bits per heavy atom. The third-order valence-corrected chi connectivity index (χ3v) is 2.82. The summed E-state index contributed by atoms with van der Waals surface area (Å²) in [6, 6.07) is 13.1. The zero-order chi connectivity index (χ0) is 15.2. The van der Waals surface area contributed by atoms with Gasteiger partial charge in [0.1, 0.15) is 6.29 Å². The minimum Gasteiger partial charge on any atom is -0.372 e. The number of aldehydes is 1. The third kappa shape index (κ3) is 3.76. The number of carbonyl (C=O) groups excluding carboxylic acids is 3. The highest BCUT2D eigenvalue weighted by atomic mass is 16.6. The van der Waals surface area contributed by atoms with Crippen LogP contribution in [0.5, 0.6) is 0 Å². The van der Waals surface area contributed by atoms with Crippen LogP contribution in [-0.2, 0) is 4.74 Å². The van der Waals surface area contributed by atoms with Crippen LogP contribution in [0.3, 0.4) is 0 Å². The molecule has 5 heteroatoms. The lowest BCUT2D eigenvalue weighted by atomic mass is 10.1. The highest BCUT2D eigenvalue weighted by Gasteiger charge is 2.14. The second-order valence-corrected chi connectivity index (χ2v) is 4.36. The predicted octanol–water partition coefficient (Wildman–Crippen LogP) is 3.20. The molecule has 2 aromatic rings. The van der Waals surface area contributed by atoms with E-state index < -0.39 is 12.1 Å². The Kier molecular flexibility index (Phi) is 4.46. The molecule has 0 aromatic heterocycles. The number of aryl methyl sites for hydroxylation is 1. The number of hydrogen-bond acceptors (Lipinski definition) is 4. The van der Waals surface area contributed by atoms with Gasteiger partial charge in [-0.2, -0.15) is 0 Å². The van der Waals surface area contributed by atoms with Crippen LogP contribution < -0.4 is 5.32 Å². The Bertz CT molecular complexity index is 694. The molecular weight excluding hydrogens is 270 g/mol. The van der Waals surface area contributed by atoms with Crippen LogP contribution in [0.4, 0.5) is 10.5 Å². The zero-order valence-corrected chi connectivity index (χ0v) is 11.3. The maximum atomic E-state index is 11.9. The molecular formula is C16H13NO4. The molecule has 0 spiro atoms. The summed E-state index contributed by atoms with van der Waals surface area (Å²) in [5, 5.41) is 2.40. The van der Waals surface area contributed by atoms with E-state index in [1.165, 1.54) is 6.07 Å². The van der Waals surface area contributed by atoms with Gasteiger partial charge in [-0.05, 0) is 30.7 Å². The van der Waals surface area contributed by atoms with Crippen molar-refractivity contribution in [3.8, 4) is 0 Å². The Hall–Kier alpha value is -2.95. The minimum atomic E-state index is -0.897. The van der Waals surface area contributed by atoms with Crippen LogP contribution in [0, 0.1) is 6.92 Å². The monoisotopic (exact) mass is 283 g/mol. The van der Waals surface area contributed by atoms with Gasteiger partial charge in [0.25, 0.3) is 0 Å². The number of ether oxygens (including phenoxy) is 1. The van der Waals surface area contributed by atoms with Crippen molar-refractivity contribution in [3.05, 3.63) is 65.2 Å². The van der Waals surface area contributed by atoms with E-state index >= 15 is 0 Å². The Morgan fingerprint density at radius 3 is 2.57 bits per heavy atom. The van der Waals surface area contributed by atoms with E-state index in [9.17, 15) is 14.4 Å². The van der Waals surface area contributed by atoms with Crippen molar-refractivity contribution in [2.75, 3.05) is 5.32 Å². The molecule has 2 rings (SSSR count). The average molecular weight is 283 g/mol. The number of esters is 1. The van der Waals surface area contributed by atoms with Crippen molar-refractivity contribution in [2.24, 2.45) is 0 Å². The largest absolute Gasteiger partial charge is 0.419 e. The molecule has 2 aromatic carbocycles. The van der Waals surface area contributed by atoms with Gasteiger partial charge in [0, 0.05) is 11.3 Å². The van der Waals surface area contributed by atoms with Gasteiger partial charge in [-0.15, -0.1) is 0 Å². The van der Waals surface area contributed by atoms with Gasteiger partial charge in [-0.1, -0.05) is 30.3 Å². The van der Waals surface area contributed by atoms with Crippen LogP contribution in [0.2, 0.25) is 0 Å². The van der Waals surface area contributed by atoms with Crippen LogP contribution in [-0.4, -0.2) is 18.3 Å². The van der Waals surface area contributed by atoms with Crippen molar-refractivity contribution in [1.29, 1.82) is 0 Å². The Balaban J connectivity index is 2.03. The normalized spacial score (nSPS) is 9.76. The summed E-state index contributed by atoms with van der Waals surface area (Å²) in [4.78, 5) is 34.2.